The first-order chi connectivity index (χ1) is 7.99. The summed E-state index contributed by atoms with van der Waals surface area (Å²) in [5.74, 6) is 0.261. The van der Waals surface area contributed by atoms with Crippen LogP contribution in [0.2, 0.25) is 0 Å². The molecule has 0 aromatic heterocycles. The second kappa shape index (κ2) is 5.97. The lowest BCUT2D eigenvalue weighted by atomic mass is 10.3. The highest BCUT2D eigenvalue weighted by Crippen LogP contribution is 2.24. The molecule has 0 heterocycles. The molecule has 0 saturated heterocycles. The molecular weight excluding hydrogens is 266 g/mol. The first kappa shape index (κ1) is 13.9. The van der Waals surface area contributed by atoms with Gasteiger partial charge in [-0.3, -0.25) is 10.1 Å². The standard InChI is InChI=1S/C10H12ClNO4S/c11-7-3-4-8-17(15,16)10-6-2-1-5-9(10)12(13)14/h1-2,5-6H,3-4,7-8H2. The number of unbranched alkanes of at least 4 members (excludes halogenated alkanes) is 1. The average Bonchev–Trinajstić information content (AvgIpc) is 2.29. The smallest absolute Gasteiger partial charge is 0.258 e. The largest absolute Gasteiger partial charge is 0.287 e. The summed E-state index contributed by atoms with van der Waals surface area (Å²) in [6, 6.07) is 5.36. The van der Waals surface area contributed by atoms with Gasteiger partial charge < -0.3 is 0 Å². The van der Waals surface area contributed by atoms with E-state index >= 15 is 0 Å². The third kappa shape index (κ3) is 3.67. The molecule has 0 aliphatic carbocycles. The topological polar surface area (TPSA) is 77.3 Å². The van der Waals surface area contributed by atoms with E-state index in [2.05, 4.69) is 0 Å². The number of alkyl halides is 1. The van der Waals surface area contributed by atoms with E-state index in [0.717, 1.165) is 0 Å². The van der Waals surface area contributed by atoms with Gasteiger partial charge in [0.25, 0.3) is 5.69 Å². The number of hydrogen-bond donors (Lipinski definition) is 0. The van der Waals surface area contributed by atoms with E-state index in [1.165, 1.54) is 24.3 Å². The minimum atomic E-state index is -3.61. The van der Waals surface area contributed by atoms with Gasteiger partial charge in [0, 0.05) is 11.9 Å². The van der Waals surface area contributed by atoms with Gasteiger partial charge in [-0.15, -0.1) is 11.6 Å². The summed E-state index contributed by atoms with van der Waals surface area (Å²) in [4.78, 5) is 9.81. The number of benzene rings is 1. The van der Waals surface area contributed by atoms with Crippen molar-refractivity contribution in [3.8, 4) is 0 Å². The Hall–Kier alpha value is -1.14. The van der Waals surface area contributed by atoms with E-state index in [0.29, 0.717) is 18.7 Å². The Morgan fingerprint density at radius 1 is 1.24 bits per heavy atom. The van der Waals surface area contributed by atoms with E-state index in [1.807, 2.05) is 0 Å². The van der Waals surface area contributed by atoms with Crippen molar-refractivity contribution in [2.45, 2.75) is 17.7 Å². The van der Waals surface area contributed by atoms with Crippen LogP contribution in [0.15, 0.2) is 29.2 Å². The van der Waals surface area contributed by atoms with Crippen LogP contribution in [0.5, 0.6) is 0 Å². The van der Waals surface area contributed by atoms with Crippen molar-refractivity contribution in [2.24, 2.45) is 0 Å². The van der Waals surface area contributed by atoms with E-state index in [-0.39, 0.29) is 16.3 Å². The first-order valence-electron chi connectivity index (χ1n) is 5.01. The molecule has 1 aromatic rings. The van der Waals surface area contributed by atoms with Crippen molar-refractivity contribution in [2.75, 3.05) is 11.6 Å². The second-order valence-electron chi connectivity index (χ2n) is 3.44. The summed E-state index contributed by atoms with van der Waals surface area (Å²) in [5, 5.41) is 10.7. The van der Waals surface area contributed by atoms with Gasteiger partial charge in [0.05, 0.1) is 10.7 Å². The number of halogens is 1. The molecule has 0 radical (unpaired) electrons. The van der Waals surface area contributed by atoms with Crippen LogP contribution in [0.3, 0.4) is 0 Å². The fraction of sp³-hybridized carbons (Fsp3) is 0.400. The number of hydrogen-bond acceptors (Lipinski definition) is 4. The van der Waals surface area contributed by atoms with Crippen LogP contribution in [0.25, 0.3) is 0 Å². The van der Waals surface area contributed by atoms with Crippen LogP contribution >= 0.6 is 11.6 Å². The summed E-state index contributed by atoms with van der Waals surface area (Å²) in [7, 11) is -3.61. The van der Waals surface area contributed by atoms with Crippen molar-refractivity contribution < 1.29 is 13.3 Å². The van der Waals surface area contributed by atoms with E-state index < -0.39 is 14.8 Å². The normalized spacial score (nSPS) is 11.4. The number of nitro benzene ring substituents is 1. The van der Waals surface area contributed by atoms with Gasteiger partial charge in [0.1, 0.15) is 4.90 Å². The molecule has 1 rings (SSSR count). The van der Waals surface area contributed by atoms with Gasteiger partial charge in [0.2, 0.25) is 0 Å². The molecular formula is C10H12ClNO4S. The van der Waals surface area contributed by atoms with Crippen molar-refractivity contribution in [3.05, 3.63) is 34.4 Å². The molecule has 7 heteroatoms. The van der Waals surface area contributed by atoms with Crippen molar-refractivity contribution in [1.29, 1.82) is 0 Å². The highest BCUT2D eigenvalue weighted by molar-refractivity contribution is 7.91. The molecule has 0 aliphatic rings. The average molecular weight is 278 g/mol. The number of para-hydroxylation sites is 1. The zero-order valence-electron chi connectivity index (χ0n) is 9.00. The van der Waals surface area contributed by atoms with Crippen molar-refractivity contribution in [3.63, 3.8) is 0 Å². The molecule has 5 nitrogen and oxygen atoms in total. The summed E-state index contributed by atoms with van der Waals surface area (Å²) in [5.41, 5.74) is -0.377. The molecule has 0 amide bonds. The molecule has 1 aromatic carbocycles. The Morgan fingerprint density at radius 3 is 2.47 bits per heavy atom. The lowest BCUT2D eigenvalue weighted by molar-refractivity contribution is -0.387. The summed E-state index contributed by atoms with van der Waals surface area (Å²) in [6.07, 6.45) is 0.972. The molecule has 0 N–H and O–H groups in total. The summed E-state index contributed by atoms with van der Waals surface area (Å²) >= 11 is 5.46. The van der Waals surface area contributed by atoms with Crippen LogP contribution < -0.4 is 0 Å². The van der Waals surface area contributed by atoms with Crippen LogP contribution in [-0.2, 0) is 9.84 Å². The van der Waals surface area contributed by atoms with E-state index in [9.17, 15) is 18.5 Å². The lowest BCUT2D eigenvalue weighted by Crippen LogP contribution is -2.09. The van der Waals surface area contributed by atoms with Crippen LogP contribution in [-0.4, -0.2) is 25.0 Å². The Bertz CT molecular complexity index is 501. The highest BCUT2D eigenvalue weighted by Gasteiger charge is 2.24. The molecule has 0 spiro atoms. The first-order valence-corrected chi connectivity index (χ1v) is 7.20. The van der Waals surface area contributed by atoms with Crippen molar-refractivity contribution >= 4 is 27.1 Å². The maximum atomic E-state index is 11.9. The third-order valence-electron chi connectivity index (χ3n) is 2.19. The van der Waals surface area contributed by atoms with Crippen LogP contribution in [0.4, 0.5) is 5.69 Å². The number of sulfone groups is 1. The predicted octanol–water partition coefficient (Wildman–Crippen LogP) is 2.39. The van der Waals surface area contributed by atoms with Crippen LogP contribution in [0.1, 0.15) is 12.8 Å². The van der Waals surface area contributed by atoms with Crippen molar-refractivity contribution in [1.82, 2.24) is 0 Å². The Morgan fingerprint density at radius 2 is 1.88 bits per heavy atom. The fourth-order valence-corrected chi connectivity index (χ4v) is 3.11. The van der Waals surface area contributed by atoms with E-state index in [4.69, 9.17) is 11.6 Å². The molecule has 0 atom stereocenters. The minimum absolute atomic E-state index is 0.120. The molecule has 0 fully saturated rings. The predicted molar refractivity (Wildman–Crippen MR) is 65.1 cm³/mol. The lowest BCUT2D eigenvalue weighted by Gasteiger charge is -2.04. The van der Waals surface area contributed by atoms with Gasteiger partial charge in [-0.05, 0) is 18.9 Å². The zero-order valence-corrected chi connectivity index (χ0v) is 10.6. The molecule has 17 heavy (non-hydrogen) atoms. The van der Waals surface area contributed by atoms with Crippen LogP contribution in [0, 0.1) is 10.1 Å². The minimum Gasteiger partial charge on any atom is -0.258 e. The molecule has 94 valence electrons. The van der Waals surface area contributed by atoms with Gasteiger partial charge >= 0.3 is 0 Å². The van der Waals surface area contributed by atoms with E-state index in [1.54, 1.807) is 0 Å². The quantitative estimate of drug-likeness (QED) is 0.346. The number of nitrogens with zero attached hydrogens (tertiary/aromatic N) is 1. The SMILES string of the molecule is O=[N+]([O-])c1ccccc1S(=O)(=O)CCCCCl. The maximum absolute atomic E-state index is 11.9. The molecule has 0 aliphatic heterocycles. The molecule has 0 bridgehead atoms. The maximum Gasteiger partial charge on any atom is 0.287 e. The summed E-state index contributed by atoms with van der Waals surface area (Å²) < 4.78 is 23.8. The Balaban J connectivity index is 3.02. The van der Waals surface area contributed by atoms with Gasteiger partial charge in [-0.25, -0.2) is 8.42 Å². The monoisotopic (exact) mass is 277 g/mol. The second-order valence-corrected chi connectivity index (χ2v) is 5.90. The fourth-order valence-electron chi connectivity index (χ4n) is 1.37. The van der Waals surface area contributed by atoms with Gasteiger partial charge in [-0.1, -0.05) is 12.1 Å². The van der Waals surface area contributed by atoms with Gasteiger partial charge in [-0.2, -0.15) is 0 Å². The summed E-state index contributed by atoms with van der Waals surface area (Å²) in [6.45, 7) is 0. The third-order valence-corrected chi connectivity index (χ3v) is 4.30. The zero-order chi connectivity index (χ0) is 12.9. The van der Waals surface area contributed by atoms with Gasteiger partial charge in [0.15, 0.2) is 9.84 Å². The molecule has 0 saturated carbocycles. The highest BCUT2D eigenvalue weighted by atomic mass is 35.5. The Labute approximate surface area is 104 Å². The Kier molecular flexibility index (Phi) is 4.89. The molecule has 0 unspecified atom stereocenters. The number of rotatable bonds is 6. The number of nitro groups is 1.